The summed E-state index contributed by atoms with van der Waals surface area (Å²) < 4.78 is 12.6. The molecule has 30 heavy (non-hydrogen) atoms. The van der Waals surface area contributed by atoms with Gasteiger partial charge in [-0.3, -0.25) is 4.68 Å². The molecule has 0 saturated carbocycles. The summed E-state index contributed by atoms with van der Waals surface area (Å²) in [6, 6.07) is 9.88. The summed E-state index contributed by atoms with van der Waals surface area (Å²) >= 11 is 6.47. The molecule has 158 valence electrons. The summed E-state index contributed by atoms with van der Waals surface area (Å²) in [5, 5.41) is 14.7. The fourth-order valence-corrected chi connectivity index (χ4v) is 3.14. The zero-order valence-electron chi connectivity index (χ0n) is 18.1. The first-order valence-electron chi connectivity index (χ1n) is 9.44. The Bertz CT molecular complexity index is 1020. The first-order valence-corrected chi connectivity index (χ1v) is 9.81. The second-order valence-corrected chi connectivity index (χ2v) is 8.22. The van der Waals surface area contributed by atoms with Crippen LogP contribution in [-0.4, -0.2) is 22.0 Å². The van der Waals surface area contributed by atoms with Crippen molar-refractivity contribution in [2.75, 3.05) is 0 Å². The molecule has 0 bridgehead atoms. The standard InChI is InChI=1S/C23H26ClN3O3/c1-8-19(28)29-15(3)30-22(21-20(24)14(2)26-27(21)7)18(13-25)16-9-11-17(12-10-16)23(4,5)6/h8-12,15H,1H2,2-7H3/b22-18-. The fraction of sp³-hybridized carbons (Fsp3) is 0.348. The third-order valence-electron chi connectivity index (χ3n) is 4.48. The van der Waals surface area contributed by atoms with Gasteiger partial charge in [-0.05, 0) is 23.5 Å². The van der Waals surface area contributed by atoms with Crippen LogP contribution >= 0.6 is 11.6 Å². The Labute approximate surface area is 182 Å². The number of rotatable bonds is 6. The molecule has 2 rings (SSSR count). The van der Waals surface area contributed by atoms with Crippen molar-refractivity contribution >= 4 is 28.9 Å². The predicted octanol–water partition coefficient (Wildman–Crippen LogP) is 5.16. The average molecular weight is 428 g/mol. The zero-order chi connectivity index (χ0) is 22.6. The van der Waals surface area contributed by atoms with E-state index in [-0.39, 0.29) is 16.7 Å². The lowest BCUT2D eigenvalue weighted by Gasteiger charge is -2.21. The summed E-state index contributed by atoms with van der Waals surface area (Å²) in [5.74, 6) is -0.458. The van der Waals surface area contributed by atoms with E-state index < -0.39 is 12.3 Å². The number of esters is 1. The first-order chi connectivity index (χ1) is 14.0. The number of aryl methyl sites for hydroxylation is 2. The van der Waals surface area contributed by atoms with Gasteiger partial charge in [-0.1, -0.05) is 63.2 Å². The van der Waals surface area contributed by atoms with Crippen molar-refractivity contribution in [2.24, 2.45) is 7.05 Å². The minimum atomic E-state index is -0.978. The van der Waals surface area contributed by atoms with Crippen LogP contribution in [0.15, 0.2) is 36.9 Å². The maximum absolute atomic E-state index is 11.6. The van der Waals surface area contributed by atoms with Crippen molar-refractivity contribution in [1.29, 1.82) is 5.26 Å². The van der Waals surface area contributed by atoms with Gasteiger partial charge in [0.2, 0.25) is 6.29 Å². The number of halogens is 1. The second-order valence-electron chi connectivity index (χ2n) is 7.84. The maximum atomic E-state index is 11.6. The monoisotopic (exact) mass is 427 g/mol. The SMILES string of the molecule is C=CC(=O)OC(C)O/C(=C(/C#N)c1ccc(C(C)(C)C)cc1)c1c(Cl)c(C)nn1C. The summed E-state index contributed by atoms with van der Waals surface area (Å²) in [5.41, 5.74) is 3.02. The van der Waals surface area contributed by atoms with E-state index in [2.05, 4.69) is 38.5 Å². The number of hydrogen-bond donors (Lipinski definition) is 0. The van der Waals surface area contributed by atoms with Crippen LogP contribution in [-0.2, 0) is 26.7 Å². The van der Waals surface area contributed by atoms with Crippen LogP contribution in [0.4, 0.5) is 0 Å². The number of aromatic nitrogens is 2. The molecule has 0 aliphatic heterocycles. The van der Waals surface area contributed by atoms with Crippen LogP contribution in [0.1, 0.15) is 50.2 Å². The second kappa shape index (κ2) is 9.19. The number of hydrogen-bond acceptors (Lipinski definition) is 5. The fourth-order valence-electron chi connectivity index (χ4n) is 2.90. The highest BCUT2D eigenvalue weighted by atomic mass is 35.5. The Morgan fingerprint density at radius 1 is 1.30 bits per heavy atom. The molecular weight excluding hydrogens is 402 g/mol. The van der Waals surface area contributed by atoms with E-state index in [0.717, 1.165) is 11.6 Å². The lowest BCUT2D eigenvalue weighted by atomic mass is 9.86. The Morgan fingerprint density at radius 3 is 2.33 bits per heavy atom. The van der Waals surface area contributed by atoms with Gasteiger partial charge in [0.15, 0.2) is 5.76 Å². The molecule has 0 fully saturated rings. The molecule has 1 aromatic carbocycles. The molecule has 0 amide bonds. The lowest BCUT2D eigenvalue weighted by Crippen LogP contribution is -2.18. The van der Waals surface area contributed by atoms with Gasteiger partial charge in [0.25, 0.3) is 0 Å². The van der Waals surface area contributed by atoms with Crippen molar-refractivity contribution in [3.8, 4) is 6.07 Å². The van der Waals surface area contributed by atoms with Gasteiger partial charge < -0.3 is 9.47 Å². The van der Waals surface area contributed by atoms with Crippen LogP contribution in [0.3, 0.4) is 0 Å². The number of nitriles is 1. The van der Waals surface area contributed by atoms with E-state index in [1.807, 2.05) is 24.3 Å². The smallest absolute Gasteiger partial charge is 0.333 e. The average Bonchev–Trinajstić information content (AvgIpc) is 2.92. The highest BCUT2D eigenvalue weighted by Crippen LogP contribution is 2.34. The largest absolute Gasteiger partial charge is 0.451 e. The number of ether oxygens (including phenoxy) is 2. The molecule has 2 aromatic rings. The maximum Gasteiger partial charge on any atom is 0.333 e. The number of benzene rings is 1. The van der Waals surface area contributed by atoms with Crippen LogP contribution in [0.2, 0.25) is 5.02 Å². The van der Waals surface area contributed by atoms with Crippen LogP contribution in [0, 0.1) is 18.3 Å². The third-order valence-corrected chi connectivity index (χ3v) is 4.93. The van der Waals surface area contributed by atoms with Gasteiger partial charge in [-0.25, -0.2) is 4.79 Å². The van der Waals surface area contributed by atoms with Gasteiger partial charge in [-0.2, -0.15) is 10.4 Å². The van der Waals surface area contributed by atoms with Gasteiger partial charge >= 0.3 is 5.97 Å². The molecule has 1 heterocycles. The summed E-state index contributed by atoms with van der Waals surface area (Å²) in [4.78, 5) is 11.6. The predicted molar refractivity (Wildman–Crippen MR) is 117 cm³/mol. The number of nitrogens with zero attached hydrogens (tertiary/aromatic N) is 3. The third kappa shape index (κ3) is 5.11. The minimum Gasteiger partial charge on any atom is -0.451 e. The Morgan fingerprint density at radius 2 is 1.90 bits per heavy atom. The lowest BCUT2D eigenvalue weighted by molar-refractivity contribution is -0.157. The van der Waals surface area contributed by atoms with Gasteiger partial charge in [0.1, 0.15) is 17.3 Å². The highest BCUT2D eigenvalue weighted by molar-refractivity contribution is 6.33. The minimum absolute atomic E-state index is 0.0236. The van der Waals surface area contributed by atoms with Crippen molar-refractivity contribution < 1.29 is 14.3 Å². The number of carbonyl (C=O) groups excluding carboxylic acids is 1. The van der Waals surface area contributed by atoms with Crippen molar-refractivity contribution in [1.82, 2.24) is 9.78 Å². The summed E-state index contributed by atoms with van der Waals surface area (Å²) in [6.07, 6.45) is 0.0647. The topological polar surface area (TPSA) is 77.1 Å². The molecule has 0 aliphatic rings. The van der Waals surface area contributed by atoms with E-state index in [1.165, 1.54) is 4.68 Å². The van der Waals surface area contributed by atoms with Crippen molar-refractivity contribution in [3.05, 3.63) is 64.5 Å². The van der Waals surface area contributed by atoms with Crippen LogP contribution in [0.5, 0.6) is 0 Å². The van der Waals surface area contributed by atoms with E-state index in [4.69, 9.17) is 21.1 Å². The van der Waals surface area contributed by atoms with Gasteiger partial charge in [0.05, 0.1) is 10.7 Å². The van der Waals surface area contributed by atoms with E-state index in [1.54, 1.807) is 20.9 Å². The molecule has 0 N–H and O–H groups in total. The molecule has 6 nitrogen and oxygen atoms in total. The van der Waals surface area contributed by atoms with Crippen molar-refractivity contribution in [2.45, 2.75) is 46.3 Å². The van der Waals surface area contributed by atoms with E-state index in [9.17, 15) is 10.1 Å². The Balaban J connectivity index is 2.65. The Kier molecular flexibility index (Phi) is 7.12. The molecule has 7 heteroatoms. The molecule has 1 aromatic heterocycles. The zero-order valence-corrected chi connectivity index (χ0v) is 18.9. The van der Waals surface area contributed by atoms with E-state index >= 15 is 0 Å². The van der Waals surface area contributed by atoms with Crippen LogP contribution < -0.4 is 0 Å². The van der Waals surface area contributed by atoms with Crippen LogP contribution in [0.25, 0.3) is 11.3 Å². The van der Waals surface area contributed by atoms with Gasteiger partial charge in [0, 0.05) is 20.0 Å². The molecule has 0 aliphatic carbocycles. The first kappa shape index (κ1) is 23.2. The summed E-state index contributed by atoms with van der Waals surface area (Å²) in [6.45, 7) is 13.0. The molecule has 1 unspecified atom stereocenters. The molecule has 1 atom stereocenters. The van der Waals surface area contributed by atoms with E-state index in [0.29, 0.717) is 22.0 Å². The summed E-state index contributed by atoms with van der Waals surface area (Å²) in [7, 11) is 1.70. The van der Waals surface area contributed by atoms with Gasteiger partial charge in [-0.15, -0.1) is 0 Å². The molecule has 0 saturated heterocycles. The number of allylic oxidation sites excluding steroid dienone is 1. The van der Waals surface area contributed by atoms with Crippen molar-refractivity contribution in [3.63, 3.8) is 0 Å². The molecular formula is C23H26ClN3O3. The Hall–Kier alpha value is -3.04. The highest BCUT2D eigenvalue weighted by Gasteiger charge is 2.25. The quantitative estimate of drug-likeness (QED) is 0.209. The number of carbonyl (C=O) groups is 1. The molecule has 0 spiro atoms. The molecule has 0 radical (unpaired) electrons. The normalized spacial score (nSPS) is 13.1.